The van der Waals surface area contributed by atoms with E-state index in [1.165, 1.54) is 0 Å². The molecule has 0 bridgehead atoms. The van der Waals surface area contributed by atoms with E-state index in [1.54, 1.807) is 6.08 Å². The SMILES string of the molecule is C=CCCCCCC(=O)C(F)F. The maximum Gasteiger partial charge on any atom is 0.295 e. The van der Waals surface area contributed by atoms with Crippen LogP contribution < -0.4 is 0 Å². The second-order valence-corrected chi connectivity index (χ2v) is 2.66. The lowest BCUT2D eigenvalue weighted by Crippen LogP contribution is -2.08. The van der Waals surface area contributed by atoms with Crippen LogP contribution in [0.15, 0.2) is 12.7 Å². The first-order valence-corrected chi connectivity index (χ1v) is 4.10. The van der Waals surface area contributed by atoms with Crippen molar-refractivity contribution in [2.45, 2.75) is 38.5 Å². The maximum absolute atomic E-state index is 11.6. The van der Waals surface area contributed by atoms with Crippen LogP contribution in [0, 0.1) is 0 Å². The molecule has 0 fully saturated rings. The number of hydrogen-bond donors (Lipinski definition) is 0. The molecule has 1 nitrogen and oxygen atoms in total. The lowest BCUT2D eigenvalue weighted by atomic mass is 10.1. The van der Waals surface area contributed by atoms with Gasteiger partial charge in [0.2, 0.25) is 0 Å². The summed E-state index contributed by atoms with van der Waals surface area (Å²) in [4.78, 5) is 10.4. The molecule has 0 saturated heterocycles. The summed E-state index contributed by atoms with van der Waals surface area (Å²) < 4.78 is 23.3. The van der Waals surface area contributed by atoms with Crippen molar-refractivity contribution in [1.82, 2.24) is 0 Å². The van der Waals surface area contributed by atoms with Crippen molar-refractivity contribution in [2.24, 2.45) is 0 Å². The molecule has 0 radical (unpaired) electrons. The van der Waals surface area contributed by atoms with E-state index in [4.69, 9.17) is 0 Å². The molecule has 0 rings (SSSR count). The third-order valence-electron chi connectivity index (χ3n) is 1.57. The molecule has 0 aromatic carbocycles. The predicted molar refractivity (Wildman–Crippen MR) is 44.3 cm³/mol. The Hall–Kier alpha value is -0.730. The van der Waals surface area contributed by atoms with Crippen molar-refractivity contribution in [3.63, 3.8) is 0 Å². The molecule has 0 aromatic rings. The van der Waals surface area contributed by atoms with Gasteiger partial charge in [-0.1, -0.05) is 12.5 Å². The predicted octanol–water partition coefficient (Wildman–Crippen LogP) is 2.96. The number of halogens is 2. The quantitative estimate of drug-likeness (QED) is 0.430. The molecule has 12 heavy (non-hydrogen) atoms. The first-order valence-electron chi connectivity index (χ1n) is 4.10. The third kappa shape index (κ3) is 6.01. The van der Waals surface area contributed by atoms with Gasteiger partial charge in [-0.3, -0.25) is 4.79 Å². The fourth-order valence-electron chi connectivity index (χ4n) is 0.874. The molecule has 0 aliphatic carbocycles. The van der Waals surface area contributed by atoms with E-state index in [-0.39, 0.29) is 6.42 Å². The van der Waals surface area contributed by atoms with Crippen LogP contribution in [0.25, 0.3) is 0 Å². The van der Waals surface area contributed by atoms with E-state index < -0.39 is 12.2 Å². The van der Waals surface area contributed by atoms with Gasteiger partial charge >= 0.3 is 0 Å². The fourth-order valence-corrected chi connectivity index (χ4v) is 0.874. The highest BCUT2D eigenvalue weighted by atomic mass is 19.3. The van der Waals surface area contributed by atoms with Crippen LogP contribution in [-0.4, -0.2) is 12.2 Å². The van der Waals surface area contributed by atoms with Gasteiger partial charge in [0.1, 0.15) is 0 Å². The van der Waals surface area contributed by atoms with Crippen molar-refractivity contribution in [3.05, 3.63) is 12.7 Å². The number of allylic oxidation sites excluding steroid dienone is 1. The summed E-state index contributed by atoms with van der Waals surface area (Å²) in [5, 5.41) is 0. The highest BCUT2D eigenvalue weighted by Gasteiger charge is 2.13. The maximum atomic E-state index is 11.6. The van der Waals surface area contributed by atoms with Crippen LogP contribution in [0.4, 0.5) is 8.78 Å². The molecule has 0 aromatic heterocycles. The number of carbonyl (C=O) groups excluding carboxylic acids is 1. The summed E-state index contributed by atoms with van der Waals surface area (Å²) in [5.41, 5.74) is 0. The highest BCUT2D eigenvalue weighted by molar-refractivity contribution is 5.81. The van der Waals surface area contributed by atoms with Gasteiger partial charge in [-0.15, -0.1) is 6.58 Å². The van der Waals surface area contributed by atoms with Crippen LogP contribution in [-0.2, 0) is 4.79 Å². The van der Waals surface area contributed by atoms with Crippen LogP contribution in [0.2, 0.25) is 0 Å². The highest BCUT2D eigenvalue weighted by Crippen LogP contribution is 2.07. The average Bonchev–Trinajstić information content (AvgIpc) is 2.03. The molecule has 3 heteroatoms. The molecule has 0 aliphatic rings. The Morgan fingerprint density at radius 1 is 1.33 bits per heavy atom. The van der Waals surface area contributed by atoms with Crippen molar-refractivity contribution in [3.8, 4) is 0 Å². The lowest BCUT2D eigenvalue weighted by Gasteiger charge is -1.98. The number of unbranched alkanes of at least 4 members (excludes halogenated alkanes) is 3. The Morgan fingerprint density at radius 3 is 2.50 bits per heavy atom. The normalized spacial score (nSPS) is 10.2. The van der Waals surface area contributed by atoms with Gasteiger partial charge in [0, 0.05) is 6.42 Å². The van der Waals surface area contributed by atoms with Gasteiger partial charge in [0.25, 0.3) is 6.43 Å². The topological polar surface area (TPSA) is 17.1 Å². The molecule has 70 valence electrons. The summed E-state index contributed by atoms with van der Waals surface area (Å²) in [6.07, 6.45) is 2.22. The molecule has 0 spiro atoms. The molecule has 0 N–H and O–H groups in total. The standard InChI is InChI=1S/C9H14F2O/c1-2-3-4-5-6-7-8(12)9(10)11/h2,9H,1,3-7H2. The van der Waals surface area contributed by atoms with E-state index in [0.717, 1.165) is 19.3 Å². The van der Waals surface area contributed by atoms with Gasteiger partial charge in [0.05, 0.1) is 0 Å². The molecular formula is C9H14F2O. The first-order chi connectivity index (χ1) is 5.68. The number of ketones is 1. The average molecular weight is 176 g/mol. The van der Waals surface area contributed by atoms with E-state index >= 15 is 0 Å². The number of rotatable bonds is 7. The van der Waals surface area contributed by atoms with Crippen LogP contribution in [0.5, 0.6) is 0 Å². The van der Waals surface area contributed by atoms with Crippen LogP contribution in [0.1, 0.15) is 32.1 Å². The Kier molecular flexibility index (Phi) is 6.53. The zero-order valence-corrected chi connectivity index (χ0v) is 7.06. The largest absolute Gasteiger partial charge is 0.295 e. The van der Waals surface area contributed by atoms with E-state index in [2.05, 4.69) is 6.58 Å². The van der Waals surface area contributed by atoms with Crippen molar-refractivity contribution < 1.29 is 13.6 Å². The molecule has 0 heterocycles. The summed E-state index contributed by atoms with van der Waals surface area (Å²) in [6.45, 7) is 3.53. The number of hydrogen-bond acceptors (Lipinski definition) is 1. The second-order valence-electron chi connectivity index (χ2n) is 2.66. The summed E-state index contributed by atoms with van der Waals surface area (Å²) in [7, 11) is 0. The summed E-state index contributed by atoms with van der Waals surface area (Å²) >= 11 is 0. The number of alkyl halides is 2. The minimum Gasteiger partial charge on any atom is -0.293 e. The smallest absolute Gasteiger partial charge is 0.293 e. The Morgan fingerprint density at radius 2 is 2.00 bits per heavy atom. The molecule has 0 unspecified atom stereocenters. The fraction of sp³-hybridized carbons (Fsp3) is 0.667. The van der Waals surface area contributed by atoms with Crippen molar-refractivity contribution in [2.75, 3.05) is 0 Å². The third-order valence-corrected chi connectivity index (χ3v) is 1.57. The summed E-state index contributed by atoms with van der Waals surface area (Å²) in [5.74, 6) is -0.936. The number of carbonyl (C=O) groups is 1. The van der Waals surface area contributed by atoms with Crippen molar-refractivity contribution >= 4 is 5.78 Å². The molecule has 0 saturated carbocycles. The van der Waals surface area contributed by atoms with E-state index in [0.29, 0.717) is 6.42 Å². The van der Waals surface area contributed by atoms with Gasteiger partial charge < -0.3 is 0 Å². The van der Waals surface area contributed by atoms with Crippen molar-refractivity contribution in [1.29, 1.82) is 0 Å². The zero-order chi connectivity index (χ0) is 9.40. The van der Waals surface area contributed by atoms with E-state index in [1.807, 2.05) is 0 Å². The first kappa shape index (κ1) is 11.3. The van der Waals surface area contributed by atoms with Crippen LogP contribution >= 0.6 is 0 Å². The van der Waals surface area contributed by atoms with Gasteiger partial charge in [-0.25, -0.2) is 8.78 Å². The van der Waals surface area contributed by atoms with E-state index in [9.17, 15) is 13.6 Å². The molecule has 0 atom stereocenters. The monoisotopic (exact) mass is 176 g/mol. The molecule has 0 aliphatic heterocycles. The van der Waals surface area contributed by atoms with Gasteiger partial charge in [-0.05, 0) is 19.3 Å². The Balaban J connectivity index is 3.19. The van der Waals surface area contributed by atoms with Gasteiger partial charge in [-0.2, -0.15) is 0 Å². The molecule has 0 amide bonds. The van der Waals surface area contributed by atoms with Gasteiger partial charge in [0.15, 0.2) is 5.78 Å². The Labute approximate surface area is 71.5 Å². The second kappa shape index (κ2) is 6.95. The number of Topliss-reactive ketones (excluding diaryl/α,β-unsaturated/α-hetero) is 1. The minimum atomic E-state index is -2.79. The summed E-state index contributed by atoms with van der Waals surface area (Å²) in [6, 6.07) is 0. The minimum absolute atomic E-state index is 0.00874. The molecular weight excluding hydrogens is 162 g/mol. The lowest BCUT2D eigenvalue weighted by molar-refractivity contribution is -0.129. The zero-order valence-electron chi connectivity index (χ0n) is 7.06. The van der Waals surface area contributed by atoms with Crippen LogP contribution in [0.3, 0.4) is 0 Å². The Bertz CT molecular complexity index is 143.